The van der Waals surface area contributed by atoms with Crippen LogP contribution in [-0.2, 0) is 4.74 Å². The van der Waals surface area contributed by atoms with Crippen molar-refractivity contribution in [2.24, 2.45) is 0 Å². The lowest BCUT2D eigenvalue weighted by Crippen LogP contribution is -2.29. The summed E-state index contributed by atoms with van der Waals surface area (Å²) in [6.07, 6.45) is 25.1. The van der Waals surface area contributed by atoms with Gasteiger partial charge >= 0.3 is 0 Å². The molecule has 0 saturated carbocycles. The molecule has 0 spiro atoms. The molecule has 4 heteroatoms. The molecule has 4 nitrogen and oxygen atoms in total. The summed E-state index contributed by atoms with van der Waals surface area (Å²) in [5, 5.41) is 18.0. The third-order valence-corrected chi connectivity index (χ3v) is 6.17. The first-order valence-electron chi connectivity index (χ1n) is 13.9. The van der Waals surface area contributed by atoms with E-state index in [-0.39, 0.29) is 13.2 Å². The summed E-state index contributed by atoms with van der Waals surface area (Å²) in [7, 11) is 0. The Morgan fingerprint density at radius 2 is 0.806 bits per heavy atom. The van der Waals surface area contributed by atoms with Crippen LogP contribution >= 0.6 is 0 Å². The predicted molar refractivity (Wildman–Crippen MR) is 135 cm³/mol. The molecule has 0 aromatic heterocycles. The van der Waals surface area contributed by atoms with Gasteiger partial charge < -0.3 is 19.8 Å². The molecule has 0 radical (unpaired) electrons. The van der Waals surface area contributed by atoms with Crippen molar-refractivity contribution in [3.63, 3.8) is 0 Å². The van der Waals surface area contributed by atoms with Gasteiger partial charge in [-0.1, -0.05) is 103 Å². The largest absolute Gasteiger partial charge is 0.396 e. The summed E-state index contributed by atoms with van der Waals surface area (Å²) in [6, 6.07) is 0. The zero-order chi connectivity index (χ0) is 22.7. The van der Waals surface area contributed by atoms with Gasteiger partial charge in [0.25, 0.3) is 0 Å². The second-order valence-electron chi connectivity index (χ2n) is 9.27. The smallest absolute Gasteiger partial charge is 0.0478 e. The Labute approximate surface area is 195 Å². The Hall–Kier alpha value is -0.160. The third-order valence-electron chi connectivity index (χ3n) is 6.17. The van der Waals surface area contributed by atoms with E-state index in [0.717, 1.165) is 52.1 Å². The lowest BCUT2D eigenvalue weighted by molar-refractivity contribution is 0.114. The molecule has 0 unspecified atom stereocenters. The standard InChI is InChI=1S/C27H57NO3/c1-2-3-4-5-6-7-8-9-10-11-12-13-14-15-16-17-26-31-27-20-23-28(21-18-24-29)22-19-25-30/h29-30H,2-27H2,1H3. The van der Waals surface area contributed by atoms with Gasteiger partial charge in [-0.05, 0) is 25.7 Å². The van der Waals surface area contributed by atoms with Crippen LogP contribution in [-0.4, -0.2) is 61.2 Å². The normalized spacial score (nSPS) is 11.6. The minimum Gasteiger partial charge on any atom is -0.396 e. The molecule has 0 heterocycles. The second kappa shape index (κ2) is 27.9. The van der Waals surface area contributed by atoms with Crippen molar-refractivity contribution in [3.8, 4) is 0 Å². The first kappa shape index (κ1) is 30.8. The molecule has 0 aromatic carbocycles. The molecule has 0 aliphatic heterocycles. The van der Waals surface area contributed by atoms with Gasteiger partial charge in [0.2, 0.25) is 0 Å². The fourth-order valence-electron chi connectivity index (χ4n) is 4.17. The van der Waals surface area contributed by atoms with Crippen molar-refractivity contribution in [1.29, 1.82) is 0 Å². The molecule has 0 fully saturated rings. The van der Waals surface area contributed by atoms with Crippen LogP contribution < -0.4 is 0 Å². The molecule has 0 rings (SSSR count). The summed E-state index contributed by atoms with van der Waals surface area (Å²) in [5.74, 6) is 0. The van der Waals surface area contributed by atoms with Gasteiger partial charge in [-0.3, -0.25) is 0 Å². The molecule has 0 aliphatic rings. The van der Waals surface area contributed by atoms with Gasteiger partial charge in [-0.25, -0.2) is 0 Å². The zero-order valence-electron chi connectivity index (χ0n) is 21.1. The van der Waals surface area contributed by atoms with Gasteiger partial charge in [0.1, 0.15) is 0 Å². The Morgan fingerprint density at radius 3 is 1.23 bits per heavy atom. The molecule has 188 valence electrons. The van der Waals surface area contributed by atoms with Crippen LogP contribution in [0.1, 0.15) is 129 Å². The average molecular weight is 444 g/mol. The van der Waals surface area contributed by atoms with Gasteiger partial charge in [-0.15, -0.1) is 0 Å². The molecule has 0 aromatic rings. The third kappa shape index (κ3) is 26.0. The van der Waals surface area contributed by atoms with Gasteiger partial charge in [0.15, 0.2) is 0 Å². The van der Waals surface area contributed by atoms with Crippen molar-refractivity contribution in [2.75, 3.05) is 46.1 Å². The number of aliphatic hydroxyl groups is 2. The first-order chi connectivity index (χ1) is 15.3. The van der Waals surface area contributed by atoms with E-state index in [4.69, 9.17) is 14.9 Å². The number of hydrogen-bond donors (Lipinski definition) is 2. The molecular formula is C27H57NO3. The fraction of sp³-hybridized carbons (Fsp3) is 1.00. The van der Waals surface area contributed by atoms with Crippen LogP contribution in [0, 0.1) is 0 Å². The Bertz CT molecular complexity index is 307. The number of unbranched alkanes of at least 4 members (excludes halogenated alkanes) is 15. The minimum atomic E-state index is 0.241. The van der Waals surface area contributed by atoms with Crippen LogP contribution in [0.5, 0.6) is 0 Å². The molecule has 31 heavy (non-hydrogen) atoms. The van der Waals surface area contributed by atoms with Gasteiger partial charge in [-0.2, -0.15) is 0 Å². The zero-order valence-corrected chi connectivity index (χ0v) is 21.1. The van der Waals surface area contributed by atoms with Crippen molar-refractivity contribution >= 4 is 0 Å². The van der Waals surface area contributed by atoms with E-state index < -0.39 is 0 Å². The summed E-state index contributed by atoms with van der Waals surface area (Å²) >= 11 is 0. The van der Waals surface area contributed by atoms with Crippen LogP contribution in [0.3, 0.4) is 0 Å². The molecule has 2 N–H and O–H groups in total. The maximum Gasteiger partial charge on any atom is 0.0478 e. The second-order valence-corrected chi connectivity index (χ2v) is 9.27. The van der Waals surface area contributed by atoms with E-state index in [9.17, 15) is 0 Å². The van der Waals surface area contributed by atoms with Crippen molar-refractivity contribution in [2.45, 2.75) is 129 Å². The maximum absolute atomic E-state index is 8.98. The fourth-order valence-corrected chi connectivity index (χ4v) is 4.17. The average Bonchev–Trinajstić information content (AvgIpc) is 2.79. The Morgan fingerprint density at radius 1 is 0.452 bits per heavy atom. The highest BCUT2D eigenvalue weighted by atomic mass is 16.5. The van der Waals surface area contributed by atoms with Crippen molar-refractivity contribution in [1.82, 2.24) is 4.90 Å². The molecule has 0 atom stereocenters. The quantitative estimate of drug-likeness (QED) is 0.138. The SMILES string of the molecule is CCCCCCCCCCCCCCCCCCOCCCN(CCCO)CCCO. The number of rotatable bonds is 27. The summed E-state index contributed by atoms with van der Waals surface area (Å²) in [4.78, 5) is 2.32. The maximum atomic E-state index is 8.98. The monoisotopic (exact) mass is 443 g/mol. The molecule has 0 saturated heterocycles. The van der Waals surface area contributed by atoms with E-state index in [1.807, 2.05) is 0 Å². The van der Waals surface area contributed by atoms with E-state index in [0.29, 0.717) is 0 Å². The highest BCUT2D eigenvalue weighted by Gasteiger charge is 2.04. The van der Waals surface area contributed by atoms with E-state index in [1.165, 1.54) is 103 Å². The number of aliphatic hydroxyl groups excluding tert-OH is 2. The number of nitrogens with zero attached hydrogens (tertiary/aromatic N) is 1. The summed E-state index contributed by atoms with van der Waals surface area (Å²) in [6.45, 7) is 7.32. The van der Waals surface area contributed by atoms with Crippen molar-refractivity contribution in [3.05, 3.63) is 0 Å². The van der Waals surface area contributed by atoms with Crippen LogP contribution in [0.25, 0.3) is 0 Å². The Balaban J connectivity index is 3.20. The topological polar surface area (TPSA) is 52.9 Å². The highest BCUT2D eigenvalue weighted by molar-refractivity contribution is 4.58. The van der Waals surface area contributed by atoms with Crippen molar-refractivity contribution < 1.29 is 14.9 Å². The van der Waals surface area contributed by atoms with Crippen LogP contribution in [0.15, 0.2) is 0 Å². The lowest BCUT2D eigenvalue weighted by atomic mass is 10.0. The number of hydrogen-bond acceptors (Lipinski definition) is 4. The van der Waals surface area contributed by atoms with E-state index >= 15 is 0 Å². The highest BCUT2D eigenvalue weighted by Crippen LogP contribution is 2.13. The lowest BCUT2D eigenvalue weighted by Gasteiger charge is -2.21. The van der Waals surface area contributed by atoms with E-state index in [2.05, 4.69) is 11.8 Å². The minimum absolute atomic E-state index is 0.241. The van der Waals surface area contributed by atoms with Gasteiger partial charge in [0, 0.05) is 46.1 Å². The van der Waals surface area contributed by atoms with Crippen LogP contribution in [0.4, 0.5) is 0 Å². The Kier molecular flexibility index (Phi) is 27.7. The van der Waals surface area contributed by atoms with Crippen LogP contribution in [0.2, 0.25) is 0 Å². The number of ether oxygens (including phenoxy) is 1. The first-order valence-corrected chi connectivity index (χ1v) is 13.9. The predicted octanol–water partition coefficient (Wildman–Crippen LogP) is 6.72. The molecule has 0 aliphatic carbocycles. The summed E-state index contributed by atoms with van der Waals surface area (Å²) < 4.78 is 5.79. The molecule has 0 bridgehead atoms. The molecule has 0 amide bonds. The summed E-state index contributed by atoms with van der Waals surface area (Å²) in [5.41, 5.74) is 0. The van der Waals surface area contributed by atoms with E-state index in [1.54, 1.807) is 0 Å². The van der Waals surface area contributed by atoms with Gasteiger partial charge in [0.05, 0.1) is 0 Å². The molecular weight excluding hydrogens is 386 g/mol.